The van der Waals surface area contributed by atoms with Gasteiger partial charge in [0, 0.05) is 23.7 Å². The second-order valence-electron chi connectivity index (χ2n) is 4.61. The zero-order chi connectivity index (χ0) is 12.5. The lowest BCUT2D eigenvalue weighted by Gasteiger charge is -2.02. The summed E-state index contributed by atoms with van der Waals surface area (Å²) in [4.78, 5) is 0. The molecule has 0 atom stereocenters. The summed E-state index contributed by atoms with van der Waals surface area (Å²) < 4.78 is 0. The van der Waals surface area contributed by atoms with E-state index in [1.165, 1.54) is 12.8 Å². The molecule has 1 saturated carbocycles. The summed E-state index contributed by atoms with van der Waals surface area (Å²) in [5.74, 6) is 0.306. The van der Waals surface area contributed by atoms with Crippen molar-refractivity contribution in [3.05, 3.63) is 28.8 Å². The number of benzene rings is 1. The number of phenols is 1. The minimum atomic E-state index is 0.306. The highest BCUT2D eigenvalue weighted by atomic mass is 32.1. The Morgan fingerprint density at radius 2 is 2.22 bits per heavy atom. The van der Waals surface area contributed by atoms with Crippen LogP contribution in [0.1, 0.15) is 23.4 Å². The van der Waals surface area contributed by atoms with Crippen molar-refractivity contribution in [2.45, 2.75) is 32.4 Å². The van der Waals surface area contributed by atoms with Crippen LogP contribution in [0.4, 0.5) is 0 Å². The van der Waals surface area contributed by atoms with E-state index in [2.05, 4.69) is 15.5 Å². The van der Waals surface area contributed by atoms with Gasteiger partial charge in [0.25, 0.3) is 0 Å². The lowest BCUT2D eigenvalue weighted by molar-refractivity contribution is 0.471. The van der Waals surface area contributed by atoms with Crippen molar-refractivity contribution >= 4 is 11.3 Å². The zero-order valence-electron chi connectivity index (χ0n) is 10.2. The maximum absolute atomic E-state index is 9.70. The van der Waals surface area contributed by atoms with Gasteiger partial charge in [0.2, 0.25) is 0 Å². The van der Waals surface area contributed by atoms with Gasteiger partial charge in [0.1, 0.15) is 15.8 Å². The molecule has 0 unspecified atom stereocenters. The van der Waals surface area contributed by atoms with Crippen molar-refractivity contribution in [3.63, 3.8) is 0 Å². The van der Waals surface area contributed by atoms with Gasteiger partial charge in [0.15, 0.2) is 0 Å². The first-order valence-corrected chi connectivity index (χ1v) is 6.90. The van der Waals surface area contributed by atoms with Crippen molar-refractivity contribution in [3.8, 4) is 16.3 Å². The van der Waals surface area contributed by atoms with Gasteiger partial charge < -0.3 is 10.4 Å². The minimum Gasteiger partial charge on any atom is -0.508 e. The molecule has 18 heavy (non-hydrogen) atoms. The van der Waals surface area contributed by atoms with Crippen LogP contribution < -0.4 is 5.32 Å². The van der Waals surface area contributed by atoms with Crippen LogP contribution in [0.5, 0.6) is 5.75 Å². The van der Waals surface area contributed by atoms with Gasteiger partial charge >= 0.3 is 0 Å². The molecule has 1 aromatic heterocycles. The van der Waals surface area contributed by atoms with Crippen LogP contribution in [-0.4, -0.2) is 21.3 Å². The molecule has 1 fully saturated rings. The van der Waals surface area contributed by atoms with E-state index < -0.39 is 0 Å². The van der Waals surface area contributed by atoms with Crippen molar-refractivity contribution in [1.82, 2.24) is 15.5 Å². The third-order valence-corrected chi connectivity index (χ3v) is 4.08. The largest absolute Gasteiger partial charge is 0.508 e. The average Bonchev–Trinajstić information content (AvgIpc) is 3.08. The third-order valence-electron chi connectivity index (χ3n) is 3.12. The first-order valence-electron chi connectivity index (χ1n) is 6.09. The van der Waals surface area contributed by atoms with Crippen LogP contribution in [-0.2, 0) is 6.54 Å². The summed E-state index contributed by atoms with van der Waals surface area (Å²) in [6, 6.07) is 6.17. The molecule has 1 aromatic carbocycles. The lowest BCUT2D eigenvalue weighted by atomic mass is 10.1. The van der Waals surface area contributed by atoms with Gasteiger partial charge in [-0.25, -0.2) is 0 Å². The van der Waals surface area contributed by atoms with Crippen molar-refractivity contribution < 1.29 is 5.11 Å². The van der Waals surface area contributed by atoms with E-state index in [9.17, 15) is 5.11 Å². The van der Waals surface area contributed by atoms with E-state index in [1.54, 1.807) is 17.4 Å². The van der Waals surface area contributed by atoms with Crippen LogP contribution in [0.2, 0.25) is 0 Å². The van der Waals surface area contributed by atoms with Crippen LogP contribution in [0, 0.1) is 6.92 Å². The standard InChI is InChI=1S/C13H15N3OS/c1-8-10(3-2-4-11(8)17)13-16-15-12(18-13)7-14-9-5-6-9/h2-4,9,14,17H,5-7H2,1H3. The number of nitrogens with zero attached hydrogens (tertiary/aromatic N) is 2. The van der Waals surface area contributed by atoms with Crippen LogP contribution >= 0.6 is 11.3 Å². The topological polar surface area (TPSA) is 58.0 Å². The Morgan fingerprint density at radius 3 is 3.00 bits per heavy atom. The fourth-order valence-corrected chi connectivity index (χ4v) is 2.68. The molecule has 2 N–H and O–H groups in total. The number of phenolic OH excluding ortho intramolecular Hbond substituents is 1. The molecule has 1 aliphatic carbocycles. The zero-order valence-corrected chi connectivity index (χ0v) is 11.0. The van der Waals surface area contributed by atoms with Gasteiger partial charge in [-0.1, -0.05) is 23.5 Å². The van der Waals surface area contributed by atoms with E-state index in [0.717, 1.165) is 27.7 Å². The highest BCUT2D eigenvalue weighted by molar-refractivity contribution is 7.14. The normalized spacial score (nSPS) is 14.9. The van der Waals surface area contributed by atoms with Crippen LogP contribution in [0.25, 0.3) is 10.6 Å². The molecule has 3 rings (SSSR count). The van der Waals surface area contributed by atoms with Gasteiger partial charge in [-0.3, -0.25) is 0 Å². The minimum absolute atomic E-state index is 0.306. The predicted molar refractivity (Wildman–Crippen MR) is 71.6 cm³/mol. The van der Waals surface area contributed by atoms with E-state index >= 15 is 0 Å². The Hall–Kier alpha value is -1.46. The molecule has 1 aliphatic rings. The third kappa shape index (κ3) is 2.37. The second kappa shape index (κ2) is 4.66. The molecule has 0 saturated heterocycles. The van der Waals surface area contributed by atoms with Gasteiger partial charge in [-0.05, 0) is 25.8 Å². The Balaban J connectivity index is 1.80. The first-order chi connectivity index (χ1) is 8.74. The van der Waals surface area contributed by atoms with Gasteiger partial charge in [-0.15, -0.1) is 10.2 Å². The summed E-state index contributed by atoms with van der Waals surface area (Å²) in [6.07, 6.45) is 2.55. The number of nitrogens with one attached hydrogen (secondary N) is 1. The fraction of sp³-hybridized carbons (Fsp3) is 0.385. The van der Waals surface area contributed by atoms with E-state index in [4.69, 9.17) is 0 Å². The maximum Gasteiger partial charge on any atom is 0.148 e. The maximum atomic E-state index is 9.70. The second-order valence-corrected chi connectivity index (χ2v) is 5.67. The lowest BCUT2D eigenvalue weighted by Crippen LogP contribution is -2.14. The van der Waals surface area contributed by atoms with E-state index in [-0.39, 0.29) is 0 Å². The van der Waals surface area contributed by atoms with Crippen molar-refractivity contribution in [1.29, 1.82) is 0 Å². The predicted octanol–water partition coefficient (Wildman–Crippen LogP) is 2.47. The molecule has 0 aliphatic heterocycles. The highest BCUT2D eigenvalue weighted by Crippen LogP contribution is 2.31. The molecule has 0 bridgehead atoms. The first kappa shape index (κ1) is 11.6. The molecule has 4 nitrogen and oxygen atoms in total. The molecule has 0 amide bonds. The van der Waals surface area contributed by atoms with Crippen LogP contribution in [0.3, 0.4) is 0 Å². The summed E-state index contributed by atoms with van der Waals surface area (Å²) in [7, 11) is 0. The molecular weight excluding hydrogens is 246 g/mol. The highest BCUT2D eigenvalue weighted by Gasteiger charge is 2.21. The molecule has 5 heteroatoms. The summed E-state index contributed by atoms with van der Waals surface area (Å²) in [5, 5.41) is 23.4. The molecule has 94 valence electrons. The van der Waals surface area contributed by atoms with Crippen LogP contribution in [0.15, 0.2) is 18.2 Å². The Labute approximate surface area is 110 Å². The summed E-state index contributed by atoms with van der Waals surface area (Å²) in [6.45, 7) is 2.69. The molecular formula is C13H15N3OS. The monoisotopic (exact) mass is 261 g/mol. The fourth-order valence-electron chi connectivity index (χ4n) is 1.81. The Morgan fingerprint density at radius 1 is 1.39 bits per heavy atom. The van der Waals surface area contributed by atoms with Gasteiger partial charge in [0.05, 0.1) is 0 Å². The summed E-state index contributed by atoms with van der Waals surface area (Å²) in [5.41, 5.74) is 1.82. The SMILES string of the molecule is Cc1c(O)cccc1-c1nnc(CNC2CC2)s1. The Kier molecular flexibility index (Phi) is 3.01. The number of rotatable bonds is 4. The molecule has 1 heterocycles. The van der Waals surface area contributed by atoms with E-state index in [1.807, 2.05) is 19.1 Å². The average molecular weight is 261 g/mol. The molecule has 2 aromatic rings. The molecule has 0 radical (unpaired) electrons. The number of hydrogen-bond donors (Lipinski definition) is 2. The summed E-state index contributed by atoms with van der Waals surface area (Å²) >= 11 is 1.58. The van der Waals surface area contributed by atoms with Gasteiger partial charge in [-0.2, -0.15) is 0 Å². The number of hydrogen-bond acceptors (Lipinski definition) is 5. The van der Waals surface area contributed by atoms with E-state index in [0.29, 0.717) is 11.8 Å². The smallest absolute Gasteiger partial charge is 0.148 e. The number of aromatic hydroxyl groups is 1. The Bertz CT molecular complexity index is 563. The number of aromatic nitrogens is 2. The van der Waals surface area contributed by atoms with Crippen molar-refractivity contribution in [2.75, 3.05) is 0 Å². The quantitative estimate of drug-likeness (QED) is 0.887. The molecule has 0 spiro atoms. The van der Waals surface area contributed by atoms with Crippen molar-refractivity contribution in [2.24, 2.45) is 0 Å².